The Kier molecular flexibility index (Phi) is 6.79. The van der Waals surface area contributed by atoms with Gasteiger partial charge in [0.2, 0.25) is 0 Å². The van der Waals surface area contributed by atoms with Gasteiger partial charge in [-0.25, -0.2) is 18.2 Å². The first-order valence-electron chi connectivity index (χ1n) is 10.5. The summed E-state index contributed by atoms with van der Waals surface area (Å²) in [7, 11) is 0. The van der Waals surface area contributed by atoms with Gasteiger partial charge in [0.05, 0.1) is 29.5 Å². The summed E-state index contributed by atoms with van der Waals surface area (Å²) in [4.78, 5) is 21.0. The van der Waals surface area contributed by atoms with Crippen LogP contribution in [0, 0.1) is 28.8 Å². The van der Waals surface area contributed by atoms with E-state index in [9.17, 15) is 33.4 Å². The van der Waals surface area contributed by atoms with Crippen molar-refractivity contribution in [3.63, 3.8) is 0 Å². The first kappa shape index (κ1) is 24.3. The fourth-order valence-corrected chi connectivity index (χ4v) is 3.96. The number of aromatic nitrogens is 2. The van der Waals surface area contributed by atoms with Gasteiger partial charge >= 0.3 is 0 Å². The summed E-state index contributed by atoms with van der Waals surface area (Å²) < 4.78 is 48.6. The average Bonchev–Trinajstić information content (AvgIpc) is 2.82. The lowest BCUT2D eigenvalue weighted by atomic mass is 9.91. The number of anilines is 1. The molecule has 4 N–H and O–H groups in total. The number of halogens is 3. The van der Waals surface area contributed by atoms with Crippen molar-refractivity contribution in [2.24, 2.45) is 0 Å². The van der Waals surface area contributed by atoms with Gasteiger partial charge in [0, 0.05) is 31.3 Å². The highest BCUT2D eigenvalue weighted by atomic mass is 19.1. The van der Waals surface area contributed by atoms with Crippen molar-refractivity contribution in [3.8, 4) is 17.3 Å². The number of Topliss-reactive ketones (excluding diaryl/α,β-unsaturated/α-hetero) is 1. The van der Waals surface area contributed by atoms with E-state index in [1.807, 2.05) is 0 Å². The third-order valence-electron chi connectivity index (χ3n) is 5.71. The van der Waals surface area contributed by atoms with Crippen LogP contribution in [0.15, 0.2) is 42.7 Å². The molecule has 0 spiro atoms. The van der Waals surface area contributed by atoms with Crippen molar-refractivity contribution >= 4 is 11.5 Å². The van der Waals surface area contributed by atoms with Crippen molar-refractivity contribution in [2.45, 2.75) is 37.3 Å². The molecule has 1 aromatic carbocycles. The minimum atomic E-state index is -1.39. The predicted molar refractivity (Wildman–Crippen MR) is 116 cm³/mol. The lowest BCUT2D eigenvalue weighted by molar-refractivity contribution is -0.150. The fraction of sp³-hybridized carbons (Fsp3) is 0.250. The number of carbonyl (C=O) groups excluding carboxylic acids is 1. The van der Waals surface area contributed by atoms with Crippen molar-refractivity contribution in [1.29, 1.82) is 5.26 Å². The maximum atomic E-state index is 14.5. The number of rotatable bonds is 5. The highest BCUT2D eigenvalue weighted by Gasteiger charge is 2.38. The minimum Gasteiger partial charge on any atom is -0.397 e. The molecule has 0 unspecified atom stereocenters. The van der Waals surface area contributed by atoms with E-state index in [1.54, 1.807) is 6.07 Å². The Morgan fingerprint density at radius 2 is 1.91 bits per heavy atom. The molecule has 2 aromatic heterocycles. The summed E-state index contributed by atoms with van der Waals surface area (Å²) in [5, 5.41) is 29.2. The molecule has 1 aliphatic rings. The Morgan fingerprint density at radius 1 is 1.20 bits per heavy atom. The zero-order valence-corrected chi connectivity index (χ0v) is 18.0. The van der Waals surface area contributed by atoms with Crippen LogP contribution >= 0.6 is 0 Å². The van der Waals surface area contributed by atoms with E-state index < -0.39 is 64.6 Å². The van der Waals surface area contributed by atoms with E-state index in [0.717, 1.165) is 24.3 Å². The van der Waals surface area contributed by atoms with Crippen LogP contribution in [0.2, 0.25) is 0 Å². The van der Waals surface area contributed by atoms with E-state index in [0.29, 0.717) is 11.1 Å². The van der Waals surface area contributed by atoms with Gasteiger partial charge < -0.3 is 20.7 Å². The molecule has 0 amide bonds. The number of hydrogen-bond acceptors (Lipinski definition) is 8. The minimum absolute atomic E-state index is 0.0435. The Labute approximate surface area is 197 Å². The van der Waals surface area contributed by atoms with Crippen LogP contribution in [0.4, 0.5) is 18.9 Å². The fourth-order valence-electron chi connectivity index (χ4n) is 3.96. The van der Waals surface area contributed by atoms with Gasteiger partial charge in [0.15, 0.2) is 17.7 Å². The number of ether oxygens (including phenoxy) is 1. The molecule has 0 saturated carbocycles. The molecule has 8 nitrogen and oxygen atoms in total. The maximum absolute atomic E-state index is 14.5. The van der Waals surface area contributed by atoms with Gasteiger partial charge in [-0.15, -0.1) is 0 Å². The third kappa shape index (κ3) is 4.72. The molecule has 1 aliphatic heterocycles. The second-order valence-electron chi connectivity index (χ2n) is 8.00. The number of ketones is 1. The number of aliphatic hydroxyl groups excluding tert-OH is 2. The van der Waals surface area contributed by atoms with E-state index in [1.165, 1.54) is 18.5 Å². The molecule has 0 bridgehead atoms. The number of nitrogen functional groups attached to an aromatic ring is 1. The zero-order valence-electron chi connectivity index (χ0n) is 18.0. The first-order valence-corrected chi connectivity index (χ1v) is 10.5. The predicted octanol–water partition coefficient (Wildman–Crippen LogP) is 2.64. The molecule has 4 rings (SSSR count). The standard InChI is InChI=1S/C24H19F3N4O4/c25-13-2-1-3-14(26)21(13)22-15(27)7-16(29)23(31-22)17(32)6-11-10-30-5-4-12(11)19-8-18(33)24(34)20(9-28)35-19/h1-5,7,10,18-20,24,33-34H,6,8,29H2/t18-,19-,20-,24+/m1/s1. The Balaban J connectivity index is 1.68. The zero-order chi connectivity index (χ0) is 25.3. The summed E-state index contributed by atoms with van der Waals surface area (Å²) in [6.07, 6.45) is -2.33. The van der Waals surface area contributed by atoms with Crippen LogP contribution in [0.1, 0.15) is 34.1 Å². The summed E-state index contributed by atoms with van der Waals surface area (Å²) in [6, 6.07) is 7.06. The topological polar surface area (TPSA) is 142 Å². The van der Waals surface area contributed by atoms with Crippen molar-refractivity contribution in [2.75, 3.05) is 5.73 Å². The molecular formula is C24H19F3N4O4. The Morgan fingerprint density at radius 3 is 2.60 bits per heavy atom. The number of hydrogen-bond donors (Lipinski definition) is 3. The van der Waals surface area contributed by atoms with Crippen LogP contribution in [-0.4, -0.2) is 44.3 Å². The van der Waals surface area contributed by atoms with Gasteiger partial charge in [-0.2, -0.15) is 5.26 Å². The number of nitrogens with two attached hydrogens (primary N) is 1. The molecule has 0 radical (unpaired) electrons. The molecule has 4 atom stereocenters. The number of nitrogens with zero attached hydrogens (tertiary/aromatic N) is 3. The molecule has 0 aliphatic carbocycles. The molecule has 180 valence electrons. The number of benzene rings is 1. The first-order chi connectivity index (χ1) is 16.7. The number of nitriles is 1. The average molecular weight is 484 g/mol. The molecule has 35 heavy (non-hydrogen) atoms. The quantitative estimate of drug-likeness (QED) is 0.469. The van der Waals surface area contributed by atoms with Gasteiger partial charge in [0.25, 0.3) is 0 Å². The van der Waals surface area contributed by atoms with E-state index in [4.69, 9.17) is 10.5 Å². The van der Waals surface area contributed by atoms with E-state index >= 15 is 0 Å². The highest BCUT2D eigenvalue weighted by Crippen LogP contribution is 2.34. The van der Waals surface area contributed by atoms with Gasteiger partial charge in [-0.3, -0.25) is 9.78 Å². The summed E-state index contributed by atoms with van der Waals surface area (Å²) >= 11 is 0. The van der Waals surface area contributed by atoms with Gasteiger partial charge in [-0.1, -0.05) is 6.07 Å². The second-order valence-corrected chi connectivity index (χ2v) is 8.00. The normalized spacial score (nSPS) is 21.9. The second kappa shape index (κ2) is 9.79. The third-order valence-corrected chi connectivity index (χ3v) is 5.71. The Bertz CT molecular complexity index is 1310. The summed E-state index contributed by atoms with van der Waals surface area (Å²) in [5.74, 6) is -3.91. The van der Waals surface area contributed by atoms with Crippen molar-refractivity contribution in [1.82, 2.24) is 9.97 Å². The van der Waals surface area contributed by atoms with Crippen LogP contribution in [-0.2, 0) is 11.2 Å². The number of pyridine rings is 2. The van der Waals surface area contributed by atoms with Gasteiger partial charge in [0.1, 0.15) is 29.1 Å². The summed E-state index contributed by atoms with van der Waals surface area (Å²) in [5.41, 5.74) is 4.42. The lowest BCUT2D eigenvalue weighted by Crippen LogP contribution is -2.44. The largest absolute Gasteiger partial charge is 0.397 e. The van der Waals surface area contributed by atoms with E-state index in [-0.39, 0.29) is 18.5 Å². The van der Waals surface area contributed by atoms with Crippen molar-refractivity contribution < 1.29 is 32.9 Å². The lowest BCUT2D eigenvalue weighted by Gasteiger charge is -2.34. The van der Waals surface area contributed by atoms with Crippen LogP contribution in [0.3, 0.4) is 0 Å². The van der Waals surface area contributed by atoms with Crippen molar-refractivity contribution in [3.05, 3.63) is 77.0 Å². The molecule has 3 heterocycles. The number of carbonyl (C=O) groups is 1. The maximum Gasteiger partial charge on any atom is 0.187 e. The smallest absolute Gasteiger partial charge is 0.187 e. The monoisotopic (exact) mass is 484 g/mol. The van der Waals surface area contributed by atoms with E-state index in [2.05, 4.69) is 9.97 Å². The number of aliphatic hydroxyl groups is 2. The molecule has 11 heteroatoms. The SMILES string of the molecule is N#C[C@H]1O[C@@H](c2ccncc2CC(=O)c2nc(-c3c(F)cccc3F)c(F)cc2N)C[C@@H](O)[C@@H]1O. The summed E-state index contributed by atoms with van der Waals surface area (Å²) in [6.45, 7) is 0. The molecule has 1 fully saturated rings. The molecular weight excluding hydrogens is 465 g/mol. The molecule has 3 aromatic rings. The highest BCUT2D eigenvalue weighted by molar-refractivity contribution is 6.00. The van der Waals surface area contributed by atoms with Crippen LogP contribution in [0.25, 0.3) is 11.3 Å². The van der Waals surface area contributed by atoms with Gasteiger partial charge in [-0.05, 0) is 29.3 Å². The Hall–Kier alpha value is -3.85. The molecule has 1 saturated heterocycles. The van der Waals surface area contributed by atoms with Crippen LogP contribution < -0.4 is 5.73 Å². The van der Waals surface area contributed by atoms with Crippen LogP contribution in [0.5, 0.6) is 0 Å².